The SMILES string of the molecule is C[C@@H]1Cc2cc(S(=O)(=O)Nc3cccc(Cl)c3)ccc2N1C(=O)c1ccccc1. The largest absolute Gasteiger partial charge is 0.305 e. The second kappa shape index (κ2) is 7.54. The van der Waals surface area contributed by atoms with Crippen LogP contribution in [0.1, 0.15) is 22.8 Å². The zero-order valence-corrected chi connectivity index (χ0v) is 17.2. The summed E-state index contributed by atoms with van der Waals surface area (Å²) in [7, 11) is -3.77. The summed E-state index contributed by atoms with van der Waals surface area (Å²) in [6.45, 7) is 1.96. The van der Waals surface area contributed by atoms with Crippen molar-refractivity contribution in [1.82, 2.24) is 0 Å². The Bertz CT molecular complexity index is 1180. The van der Waals surface area contributed by atoms with Crippen LogP contribution in [0.4, 0.5) is 11.4 Å². The summed E-state index contributed by atoms with van der Waals surface area (Å²) in [4.78, 5) is 14.8. The van der Waals surface area contributed by atoms with Gasteiger partial charge in [0, 0.05) is 22.3 Å². The van der Waals surface area contributed by atoms with Gasteiger partial charge in [-0.3, -0.25) is 9.52 Å². The van der Waals surface area contributed by atoms with E-state index in [1.807, 2.05) is 25.1 Å². The van der Waals surface area contributed by atoms with E-state index in [2.05, 4.69) is 4.72 Å². The fourth-order valence-electron chi connectivity index (χ4n) is 3.57. The quantitative estimate of drug-likeness (QED) is 0.655. The number of rotatable bonds is 4. The van der Waals surface area contributed by atoms with Gasteiger partial charge in [-0.25, -0.2) is 8.42 Å². The Morgan fingerprint density at radius 2 is 1.79 bits per heavy atom. The summed E-state index contributed by atoms with van der Waals surface area (Å²) in [6.07, 6.45) is 0.592. The molecule has 1 heterocycles. The molecule has 0 bridgehead atoms. The van der Waals surface area contributed by atoms with Gasteiger partial charge in [0.25, 0.3) is 15.9 Å². The predicted molar refractivity (Wildman–Crippen MR) is 115 cm³/mol. The van der Waals surface area contributed by atoms with Crippen LogP contribution in [0.5, 0.6) is 0 Å². The average Bonchev–Trinajstić information content (AvgIpc) is 3.02. The number of sulfonamides is 1. The van der Waals surface area contributed by atoms with Gasteiger partial charge in [-0.1, -0.05) is 35.9 Å². The maximum absolute atomic E-state index is 13.0. The van der Waals surface area contributed by atoms with Crippen LogP contribution in [-0.2, 0) is 16.4 Å². The summed E-state index contributed by atoms with van der Waals surface area (Å²) < 4.78 is 28.1. The molecule has 0 saturated heterocycles. The molecule has 0 spiro atoms. The molecule has 5 nitrogen and oxygen atoms in total. The summed E-state index contributed by atoms with van der Waals surface area (Å²) in [5.74, 6) is -0.0930. The van der Waals surface area contributed by atoms with Gasteiger partial charge in [-0.15, -0.1) is 0 Å². The van der Waals surface area contributed by atoms with Crippen molar-refractivity contribution >= 4 is 38.9 Å². The normalized spacial score (nSPS) is 15.8. The first-order valence-corrected chi connectivity index (χ1v) is 11.0. The number of carbonyl (C=O) groups is 1. The summed E-state index contributed by atoms with van der Waals surface area (Å²) in [5.41, 5.74) is 2.57. The van der Waals surface area contributed by atoms with Crippen molar-refractivity contribution in [3.63, 3.8) is 0 Å². The van der Waals surface area contributed by atoms with Crippen molar-refractivity contribution < 1.29 is 13.2 Å². The lowest BCUT2D eigenvalue weighted by molar-refractivity contribution is 0.0981. The van der Waals surface area contributed by atoms with E-state index in [0.717, 1.165) is 11.3 Å². The fourth-order valence-corrected chi connectivity index (χ4v) is 4.86. The molecule has 7 heteroatoms. The van der Waals surface area contributed by atoms with E-state index in [9.17, 15) is 13.2 Å². The number of halogens is 1. The van der Waals surface area contributed by atoms with Crippen LogP contribution in [-0.4, -0.2) is 20.4 Å². The first kappa shape index (κ1) is 19.5. The average molecular weight is 427 g/mol. The lowest BCUT2D eigenvalue weighted by Crippen LogP contribution is -2.35. The molecule has 1 N–H and O–H groups in total. The molecular weight excluding hydrogens is 408 g/mol. The minimum Gasteiger partial charge on any atom is -0.305 e. The summed E-state index contributed by atoms with van der Waals surface area (Å²) in [5, 5.41) is 0.447. The highest BCUT2D eigenvalue weighted by molar-refractivity contribution is 7.92. The maximum Gasteiger partial charge on any atom is 0.261 e. The van der Waals surface area contributed by atoms with E-state index >= 15 is 0 Å². The number of carbonyl (C=O) groups excluding carboxylic acids is 1. The lowest BCUT2D eigenvalue weighted by Gasteiger charge is -2.23. The number of fused-ring (bicyclic) bond motifs is 1. The monoisotopic (exact) mass is 426 g/mol. The van der Waals surface area contributed by atoms with Crippen molar-refractivity contribution in [3.8, 4) is 0 Å². The Kier molecular flexibility index (Phi) is 5.06. The van der Waals surface area contributed by atoms with Crippen molar-refractivity contribution in [3.05, 3.63) is 88.9 Å². The van der Waals surface area contributed by atoms with Crippen molar-refractivity contribution in [1.29, 1.82) is 0 Å². The van der Waals surface area contributed by atoms with Crippen LogP contribution in [0.15, 0.2) is 77.7 Å². The minimum absolute atomic E-state index is 0.0588. The number of hydrogen-bond acceptors (Lipinski definition) is 3. The summed E-state index contributed by atoms with van der Waals surface area (Å²) in [6, 6.07) is 20.4. The van der Waals surface area contributed by atoms with E-state index < -0.39 is 10.0 Å². The van der Waals surface area contributed by atoms with E-state index in [1.54, 1.807) is 53.4 Å². The highest BCUT2D eigenvalue weighted by Gasteiger charge is 2.32. The first-order valence-electron chi connectivity index (χ1n) is 9.15. The van der Waals surface area contributed by atoms with Gasteiger partial charge in [0.15, 0.2) is 0 Å². The Morgan fingerprint density at radius 3 is 2.52 bits per heavy atom. The minimum atomic E-state index is -3.77. The Labute approximate surface area is 175 Å². The number of nitrogens with one attached hydrogen (secondary N) is 1. The maximum atomic E-state index is 13.0. The van der Waals surface area contributed by atoms with Gasteiger partial charge in [0.2, 0.25) is 0 Å². The third kappa shape index (κ3) is 3.86. The number of nitrogens with zero attached hydrogens (tertiary/aromatic N) is 1. The smallest absolute Gasteiger partial charge is 0.261 e. The van der Waals surface area contributed by atoms with E-state index in [0.29, 0.717) is 22.7 Å². The Balaban J connectivity index is 1.64. The van der Waals surface area contributed by atoms with Crippen LogP contribution in [0, 0.1) is 0 Å². The molecule has 1 aliphatic rings. The molecule has 0 aliphatic carbocycles. The Hall–Kier alpha value is -2.83. The summed E-state index contributed by atoms with van der Waals surface area (Å²) >= 11 is 5.94. The third-order valence-corrected chi connectivity index (χ3v) is 6.51. The molecule has 0 unspecified atom stereocenters. The van der Waals surface area contributed by atoms with Crippen LogP contribution in [0.25, 0.3) is 0 Å². The third-order valence-electron chi connectivity index (χ3n) is 4.89. The van der Waals surface area contributed by atoms with Crippen LogP contribution in [0.3, 0.4) is 0 Å². The standard InChI is InChI=1S/C22H19ClN2O3S/c1-15-12-17-13-20(29(27,28)24-19-9-5-8-18(23)14-19)10-11-21(17)25(15)22(26)16-6-3-2-4-7-16/h2-11,13-15,24H,12H2,1H3/t15-/m1/s1. The molecule has 1 atom stereocenters. The zero-order chi connectivity index (χ0) is 20.6. The number of amides is 1. The number of anilines is 2. The van der Waals surface area contributed by atoms with Gasteiger partial charge in [0.05, 0.1) is 10.6 Å². The van der Waals surface area contributed by atoms with E-state index in [-0.39, 0.29) is 16.8 Å². The second-order valence-electron chi connectivity index (χ2n) is 7.00. The number of benzene rings is 3. The van der Waals surface area contributed by atoms with Crippen LogP contribution >= 0.6 is 11.6 Å². The van der Waals surface area contributed by atoms with Gasteiger partial charge < -0.3 is 4.90 Å². The van der Waals surface area contributed by atoms with Crippen molar-refractivity contribution in [2.24, 2.45) is 0 Å². The molecule has 1 amide bonds. The van der Waals surface area contributed by atoms with Gasteiger partial charge in [0.1, 0.15) is 0 Å². The number of hydrogen-bond donors (Lipinski definition) is 1. The molecule has 1 aliphatic heterocycles. The molecule has 0 aromatic heterocycles. The van der Waals surface area contributed by atoms with Crippen LogP contribution < -0.4 is 9.62 Å². The van der Waals surface area contributed by atoms with Crippen LogP contribution in [0.2, 0.25) is 5.02 Å². The lowest BCUT2D eigenvalue weighted by atomic mass is 10.1. The molecular formula is C22H19ClN2O3S. The van der Waals surface area contributed by atoms with Gasteiger partial charge in [-0.2, -0.15) is 0 Å². The highest BCUT2D eigenvalue weighted by Crippen LogP contribution is 2.35. The van der Waals surface area contributed by atoms with Crippen molar-refractivity contribution in [2.75, 3.05) is 9.62 Å². The van der Waals surface area contributed by atoms with Crippen molar-refractivity contribution in [2.45, 2.75) is 24.3 Å². The van der Waals surface area contributed by atoms with Gasteiger partial charge >= 0.3 is 0 Å². The highest BCUT2D eigenvalue weighted by atomic mass is 35.5. The Morgan fingerprint density at radius 1 is 1.03 bits per heavy atom. The fraction of sp³-hybridized carbons (Fsp3) is 0.136. The van der Waals surface area contributed by atoms with Gasteiger partial charge in [-0.05, 0) is 67.4 Å². The molecule has 0 radical (unpaired) electrons. The zero-order valence-electron chi connectivity index (χ0n) is 15.7. The predicted octanol–water partition coefficient (Wildman–Crippen LogP) is 4.73. The molecule has 29 heavy (non-hydrogen) atoms. The molecule has 4 rings (SSSR count). The van der Waals surface area contributed by atoms with E-state index in [4.69, 9.17) is 11.6 Å². The molecule has 148 valence electrons. The molecule has 3 aromatic carbocycles. The molecule has 0 fully saturated rings. The second-order valence-corrected chi connectivity index (χ2v) is 9.12. The molecule has 0 saturated carbocycles. The first-order chi connectivity index (χ1) is 13.8. The topological polar surface area (TPSA) is 66.5 Å². The molecule has 3 aromatic rings. The van der Waals surface area contributed by atoms with E-state index in [1.165, 1.54) is 6.07 Å².